The minimum Gasteiger partial charge on any atom is -0.490 e. The van der Waals surface area contributed by atoms with Gasteiger partial charge in [-0.25, -0.2) is 0 Å². The second-order valence-corrected chi connectivity index (χ2v) is 6.11. The van der Waals surface area contributed by atoms with E-state index >= 15 is 0 Å². The summed E-state index contributed by atoms with van der Waals surface area (Å²) in [4.78, 5) is 24.4. The molecule has 2 N–H and O–H groups in total. The van der Waals surface area contributed by atoms with Crippen molar-refractivity contribution in [2.24, 2.45) is 0 Å². The Balaban J connectivity index is 1.53. The Hall–Kier alpha value is -3.80. The zero-order valence-electron chi connectivity index (χ0n) is 16.1. The van der Waals surface area contributed by atoms with Crippen LogP contribution in [0.5, 0.6) is 11.5 Å². The lowest BCUT2D eigenvalue weighted by Gasteiger charge is -2.11. The van der Waals surface area contributed by atoms with Crippen LogP contribution in [0.1, 0.15) is 20.7 Å². The first-order chi connectivity index (χ1) is 14.2. The highest BCUT2D eigenvalue weighted by Gasteiger charge is 2.13. The topological polar surface area (TPSA) is 76.7 Å². The summed E-state index contributed by atoms with van der Waals surface area (Å²) < 4.78 is 11.2. The molecule has 3 rings (SSSR count). The lowest BCUT2D eigenvalue weighted by Crippen LogP contribution is -2.21. The van der Waals surface area contributed by atoms with E-state index in [0.29, 0.717) is 35.8 Å². The molecule has 2 amide bonds. The number of rotatable bonds is 8. The quantitative estimate of drug-likeness (QED) is 0.574. The molecule has 0 radical (unpaired) electrons. The summed E-state index contributed by atoms with van der Waals surface area (Å²) in [6.45, 7) is 0.808. The van der Waals surface area contributed by atoms with Crippen molar-refractivity contribution in [1.29, 1.82) is 0 Å². The molecule has 6 nitrogen and oxygen atoms in total. The highest BCUT2D eigenvalue weighted by Crippen LogP contribution is 2.18. The fourth-order valence-electron chi connectivity index (χ4n) is 2.66. The highest BCUT2D eigenvalue weighted by atomic mass is 16.5. The van der Waals surface area contributed by atoms with Crippen molar-refractivity contribution in [3.63, 3.8) is 0 Å². The van der Waals surface area contributed by atoms with Gasteiger partial charge < -0.3 is 20.1 Å². The minimum atomic E-state index is -0.305. The van der Waals surface area contributed by atoms with Gasteiger partial charge in [-0.15, -0.1) is 0 Å². The molecule has 0 atom stereocenters. The molecule has 0 aromatic heterocycles. The van der Waals surface area contributed by atoms with Gasteiger partial charge in [0.25, 0.3) is 11.8 Å². The monoisotopic (exact) mass is 390 g/mol. The third-order valence-corrected chi connectivity index (χ3v) is 4.13. The van der Waals surface area contributed by atoms with Crippen molar-refractivity contribution in [3.8, 4) is 11.5 Å². The van der Waals surface area contributed by atoms with Gasteiger partial charge in [-0.05, 0) is 48.5 Å². The fourth-order valence-corrected chi connectivity index (χ4v) is 2.66. The Labute approximate surface area is 169 Å². The zero-order chi connectivity index (χ0) is 20.5. The van der Waals surface area contributed by atoms with Crippen LogP contribution in [-0.4, -0.2) is 32.1 Å². The van der Waals surface area contributed by atoms with Crippen molar-refractivity contribution in [2.75, 3.05) is 25.6 Å². The molecule has 0 aliphatic rings. The number of anilines is 1. The number of benzene rings is 3. The molecule has 0 bridgehead atoms. The second kappa shape index (κ2) is 9.94. The fraction of sp³-hybridized carbons (Fsp3) is 0.130. The van der Waals surface area contributed by atoms with Gasteiger partial charge in [0.1, 0.15) is 24.7 Å². The van der Waals surface area contributed by atoms with Gasteiger partial charge in [0.05, 0.1) is 11.3 Å². The van der Waals surface area contributed by atoms with E-state index in [9.17, 15) is 9.59 Å². The molecular weight excluding hydrogens is 368 g/mol. The van der Waals surface area contributed by atoms with Gasteiger partial charge in [-0.2, -0.15) is 0 Å². The van der Waals surface area contributed by atoms with Crippen molar-refractivity contribution in [2.45, 2.75) is 0 Å². The number of carbonyl (C=O) groups is 2. The van der Waals surface area contributed by atoms with E-state index in [1.165, 1.54) is 0 Å². The summed E-state index contributed by atoms with van der Waals surface area (Å²) >= 11 is 0. The van der Waals surface area contributed by atoms with Crippen LogP contribution in [0.25, 0.3) is 0 Å². The molecule has 0 fully saturated rings. The van der Waals surface area contributed by atoms with Crippen molar-refractivity contribution < 1.29 is 19.1 Å². The highest BCUT2D eigenvalue weighted by molar-refractivity contribution is 6.08. The largest absolute Gasteiger partial charge is 0.490 e. The van der Waals surface area contributed by atoms with Crippen LogP contribution >= 0.6 is 0 Å². The first-order valence-corrected chi connectivity index (χ1v) is 9.20. The van der Waals surface area contributed by atoms with Crippen LogP contribution in [0.3, 0.4) is 0 Å². The number of para-hydroxylation sites is 2. The standard InChI is InChI=1S/C23H22N2O4/c1-24-23(27)20-9-5-6-10-21(20)25-22(26)17-11-13-19(14-12-17)29-16-15-28-18-7-3-2-4-8-18/h2-14H,15-16H2,1H3,(H,24,27)(H,25,26). The maximum atomic E-state index is 12.5. The van der Waals surface area contributed by atoms with Crippen LogP contribution in [0.2, 0.25) is 0 Å². The Morgan fingerprint density at radius 3 is 1.97 bits per heavy atom. The summed E-state index contributed by atoms with van der Waals surface area (Å²) in [7, 11) is 1.55. The van der Waals surface area contributed by atoms with E-state index in [1.807, 2.05) is 30.3 Å². The third-order valence-electron chi connectivity index (χ3n) is 4.13. The molecule has 0 saturated heterocycles. The van der Waals surface area contributed by atoms with E-state index in [-0.39, 0.29) is 11.8 Å². The number of nitrogens with one attached hydrogen (secondary N) is 2. The molecule has 0 heterocycles. The molecule has 0 aliphatic heterocycles. The lowest BCUT2D eigenvalue weighted by molar-refractivity contribution is 0.0964. The molecule has 0 saturated carbocycles. The Morgan fingerprint density at radius 2 is 1.31 bits per heavy atom. The molecule has 0 unspecified atom stereocenters. The van der Waals surface area contributed by atoms with E-state index < -0.39 is 0 Å². The summed E-state index contributed by atoms with van der Waals surface area (Å²) in [5.41, 5.74) is 1.32. The number of hydrogen-bond acceptors (Lipinski definition) is 4. The predicted molar refractivity (Wildman–Crippen MR) is 112 cm³/mol. The zero-order valence-corrected chi connectivity index (χ0v) is 16.1. The van der Waals surface area contributed by atoms with Gasteiger partial charge in [0, 0.05) is 12.6 Å². The second-order valence-electron chi connectivity index (χ2n) is 6.11. The van der Waals surface area contributed by atoms with Crippen LogP contribution in [0.15, 0.2) is 78.9 Å². The van der Waals surface area contributed by atoms with Gasteiger partial charge in [0.15, 0.2) is 0 Å². The third kappa shape index (κ3) is 5.59. The lowest BCUT2D eigenvalue weighted by atomic mass is 10.1. The number of ether oxygens (including phenoxy) is 2. The Kier molecular flexibility index (Phi) is 6.84. The van der Waals surface area contributed by atoms with E-state index in [2.05, 4.69) is 10.6 Å². The number of hydrogen-bond donors (Lipinski definition) is 2. The molecule has 0 spiro atoms. The van der Waals surface area contributed by atoms with Crippen LogP contribution < -0.4 is 20.1 Å². The number of amides is 2. The smallest absolute Gasteiger partial charge is 0.255 e. The number of carbonyl (C=O) groups excluding carboxylic acids is 2. The predicted octanol–water partition coefficient (Wildman–Crippen LogP) is 3.76. The summed E-state index contributed by atoms with van der Waals surface area (Å²) in [5.74, 6) is 0.867. The summed E-state index contributed by atoms with van der Waals surface area (Å²) in [6.07, 6.45) is 0. The maximum absolute atomic E-state index is 12.5. The molecule has 3 aromatic rings. The van der Waals surface area contributed by atoms with Crippen LogP contribution in [0, 0.1) is 0 Å². The van der Waals surface area contributed by atoms with E-state index in [1.54, 1.807) is 55.6 Å². The first kappa shape index (κ1) is 19.9. The summed E-state index contributed by atoms with van der Waals surface area (Å²) in [5, 5.41) is 5.33. The molecule has 3 aromatic carbocycles. The maximum Gasteiger partial charge on any atom is 0.255 e. The SMILES string of the molecule is CNC(=O)c1ccccc1NC(=O)c1ccc(OCCOc2ccccc2)cc1. The van der Waals surface area contributed by atoms with Gasteiger partial charge in [-0.3, -0.25) is 9.59 Å². The molecular formula is C23H22N2O4. The van der Waals surface area contributed by atoms with Crippen LogP contribution in [0.4, 0.5) is 5.69 Å². The van der Waals surface area contributed by atoms with Gasteiger partial charge >= 0.3 is 0 Å². The van der Waals surface area contributed by atoms with Crippen molar-refractivity contribution >= 4 is 17.5 Å². The van der Waals surface area contributed by atoms with Crippen LogP contribution in [-0.2, 0) is 0 Å². The average Bonchev–Trinajstić information content (AvgIpc) is 2.77. The van der Waals surface area contributed by atoms with Crippen molar-refractivity contribution in [1.82, 2.24) is 5.32 Å². The van der Waals surface area contributed by atoms with Gasteiger partial charge in [0.2, 0.25) is 0 Å². The molecule has 0 aliphatic carbocycles. The van der Waals surface area contributed by atoms with Gasteiger partial charge in [-0.1, -0.05) is 30.3 Å². The Morgan fingerprint density at radius 1 is 0.724 bits per heavy atom. The minimum absolute atomic E-state index is 0.262. The molecule has 148 valence electrons. The first-order valence-electron chi connectivity index (χ1n) is 9.20. The normalized spacial score (nSPS) is 10.1. The van der Waals surface area contributed by atoms with E-state index in [0.717, 1.165) is 5.75 Å². The Bertz CT molecular complexity index is 956. The van der Waals surface area contributed by atoms with E-state index in [4.69, 9.17) is 9.47 Å². The average molecular weight is 390 g/mol. The summed E-state index contributed by atoms with van der Waals surface area (Å²) in [6, 6.07) is 23.2. The molecule has 6 heteroatoms. The van der Waals surface area contributed by atoms with Crippen molar-refractivity contribution in [3.05, 3.63) is 90.0 Å². The molecule has 29 heavy (non-hydrogen) atoms.